The van der Waals surface area contributed by atoms with E-state index in [-0.39, 0.29) is 5.97 Å². The molecule has 0 amide bonds. The third-order valence-electron chi connectivity index (χ3n) is 2.55. The molecule has 0 unspecified atom stereocenters. The third kappa shape index (κ3) is 3.74. The molecule has 0 aromatic heterocycles. The number of allylic oxidation sites excluding steroid dienone is 2. The van der Waals surface area contributed by atoms with E-state index in [1.165, 1.54) is 5.57 Å². The maximum absolute atomic E-state index is 11.7. The molecule has 0 saturated heterocycles. The number of ether oxygens (including phenoxy) is 1. The van der Waals surface area contributed by atoms with Crippen molar-refractivity contribution in [3.05, 3.63) is 41.0 Å². The number of rotatable bonds is 4. The van der Waals surface area contributed by atoms with Gasteiger partial charge in [0.25, 0.3) is 0 Å². The quantitative estimate of drug-likeness (QED) is 0.734. The summed E-state index contributed by atoms with van der Waals surface area (Å²) in [6, 6.07) is 5.84. The highest BCUT2D eigenvalue weighted by Crippen LogP contribution is 2.19. The maximum atomic E-state index is 11.7. The Hall–Kier alpha value is -1.57. The lowest BCUT2D eigenvalue weighted by Crippen LogP contribution is -2.05. The molecule has 0 saturated carbocycles. The van der Waals surface area contributed by atoms with Gasteiger partial charge >= 0.3 is 5.97 Å². The fourth-order valence-corrected chi connectivity index (χ4v) is 1.77. The fourth-order valence-electron chi connectivity index (χ4n) is 1.77. The minimum absolute atomic E-state index is 0.248. The molecule has 1 aromatic carbocycles. The average Bonchev–Trinajstić information content (AvgIpc) is 2.29. The number of esters is 1. The molecule has 0 aliphatic carbocycles. The van der Waals surface area contributed by atoms with Crippen LogP contribution in [0.15, 0.2) is 24.3 Å². The van der Waals surface area contributed by atoms with E-state index in [1.807, 2.05) is 26.0 Å². The first kappa shape index (κ1) is 13.5. The van der Waals surface area contributed by atoms with E-state index in [9.17, 15) is 4.79 Å². The Morgan fingerprint density at radius 3 is 2.47 bits per heavy atom. The van der Waals surface area contributed by atoms with Gasteiger partial charge in [0.15, 0.2) is 0 Å². The molecule has 0 spiro atoms. The van der Waals surface area contributed by atoms with Crippen molar-refractivity contribution in [2.45, 2.75) is 34.1 Å². The molecule has 0 aliphatic heterocycles. The lowest BCUT2D eigenvalue weighted by molar-refractivity contribution is 0.0526. The molecule has 0 fully saturated rings. The van der Waals surface area contributed by atoms with Gasteiger partial charge in [0.05, 0.1) is 12.2 Å². The molecule has 0 heterocycles. The first-order valence-electron chi connectivity index (χ1n) is 6.04. The molecule has 17 heavy (non-hydrogen) atoms. The number of hydrogen-bond donors (Lipinski definition) is 0. The van der Waals surface area contributed by atoms with Crippen molar-refractivity contribution in [3.63, 3.8) is 0 Å². The van der Waals surface area contributed by atoms with Crippen molar-refractivity contribution >= 4 is 11.5 Å². The monoisotopic (exact) mass is 232 g/mol. The predicted octanol–water partition coefficient (Wildman–Crippen LogP) is 3.99. The fraction of sp³-hybridized carbons (Fsp3) is 0.400. The van der Waals surface area contributed by atoms with Crippen LogP contribution in [0.2, 0.25) is 0 Å². The summed E-state index contributed by atoms with van der Waals surface area (Å²) in [4.78, 5) is 11.7. The van der Waals surface area contributed by atoms with Crippen molar-refractivity contribution in [1.82, 2.24) is 0 Å². The zero-order valence-corrected chi connectivity index (χ0v) is 11.0. The van der Waals surface area contributed by atoms with Crippen molar-refractivity contribution in [3.8, 4) is 0 Å². The minimum atomic E-state index is -0.248. The van der Waals surface area contributed by atoms with Gasteiger partial charge in [-0.3, -0.25) is 0 Å². The molecular formula is C15H20O2. The molecule has 2 nitrogen and oxygen atoms in total. The lowest BCUT2D eigenvalue weighted by atomic mass is 10.0. The Bertz CT molecular complexity index is 431. The summed E-state index contributed by atoms with van der Waals surface area (Å²) < 4.78 is 5.02. The summed E-state index contributed by atoms with van der Waals surface area (Å²) in [7, 11) is 0. The van der Waals surface area contributed by atoms with Crippen molar-refractivity contribution < 1.29 is 9.53 Å². The highest BCUT2D eigenvalue weighted by Gasteiger charge is 2.08. The first-order valence-corrected chi connectivity index (χ1v) is 6.04. The third-order valence-corrected chi connectivity index (χ3v) is 2.55. The largest absolute Gasteiger partial charge is 0.462 e. The standard InChI is InChI=1S/C15H20O2/c1-5-7-12(4)13-8-11(3)9-14(10-13)15(16)17-6-2/h7-10H,5-6H2,1-4H3. The summed E-state index contributed by atoms with van der Waals surface area (Å²) in [6.07, 6.45) is 3.15. The number of aryl methyl sites for hydroxylation is 1. The van der Waals surface area contributed by atoms with Crippen molar-refractivity contribution in [1.29, 1.82) is 0 Å². The van der Waals surface area contributed by atoms with Gasteiger partial charge in [0, 0.05) is 0 Å². The Kier molecular flexibility index (Phi) is 4.95. The van der Waals surface area contributed by atoms with Gasteiger partial charge in [-0.05, 0) is 56.0 Å². The summed E-state index contributed by atoms with van der Waals surface area (Å²) >= 11 is 0. The van der Waals surface area contributed by atoms with Gasteiger partial charge in [-0.15, -0.1) is 0 Å². The molecule has 2 heteroatoms. The van der Waals surface area contributed by atoms with Crippen LogP contribution in [-0.2, 0) is 4.74 Å². The van der Waals surface area contributed by atoms with E-state index in [1.54, 1.807) is 0 Å². The Labute approximate surface area is 103 Å². The van der Waals surface area contributed by atoms with Crippen LogP contribution in [0.1, 0.15) is 48.7 Å². The van der Waals surface area contributed by atoms with Gasteiger partial charge in [0.1, 0.15) is 0 Å². The van der Waals surface area contributed by atoms with Crippen LogP contribution in [0.4, 0.5) is 0 Å². The average molecular weight is 232 g/mol. The second-order valence-electron chi connectivity index (χ2n) is 4.10. The Balaban J connectivity index is 3.10. The van der Waals surface area contributed by atoms with Crippen LogP contribution in [0.5, 0.6) is 0 Å². The summed E-state index contributed by atoms with van der Waals surface area (Å²) in [5.74, 6) is -0.248. The normalized spacial score (nSPS) is 11.4. The number of hydrogen-bond acceptors (Lipinski definition) is 2. The Morgan fingerprint density at radius 2 is 1.88 bits per heavy atom. The molecule has 1 aromatic rings. The molecule has 92 valence electrons. The van der Waals surface area contributed by atoms with Gasteiger partial charge in [-0.25, -0.2) is 4.79 Å². The SMILES string of the molecule is CCC=C(C)c1cc(C)cc(C(=O)OCC)c1. The lowest BCUT2D eigenvalue weighted by Gasteiger charge is -2.07. The van der Waals surface area contributed by atoms with Gasteiger partial charge in [-0.2, -0.15) is 0 Å². The first-order chi connectivity index (χ1) is 8.08. The van der Waals surface area contributed by atoms with Crippen molar-refractivity contribution in [2.24, 2.45) is 0 Å². The Morgan fingerprint density at radius 1 is 1.24 bits per heavy atom. The zero-order chi connectivity index (χ0) is 12.8. The smallest absolute Gasteiger partial charge is 0.338 e. The molecule has 0 N–H and O–H groups in total. The van der Waals surface area contributed by atoms with Crippen LogP contribution in [0, 0.1) is 6.92 Å². The van der Waals surface area contributed by atoms with Crippen LogP contribution < -0.4 is 0 Å². The van der Waals surface area contributed by atoms with Gasteiger partial charge < -0.3 is 4.74 Å². The van der Waals surface area contributed by atoms with E-state index < -0.39 is 0 Å². The van der Waals surface area contributed by atoms with E-state index in [2.05, 4.69) is 26.0 Å². The second kappa shape index (κ2) is 6.24. The van der Waals surface area contributed by atoms with Gasteiger partial charge in [0.2, 0.25) is 0 Å². The van der Waals surface area contributed by atoms with E-state index in [0.29, 0.717) is 12.2 Å². The van der Waals surface area contributed by atoms with E-state index in [0.717, 1.165) is 17.5 Å². The summed E-state index contributed by atoms with van der Waals surface area (Å²) in [6.45, 7) is 8.38. The molecule has 0 aliphatic rings. The summed E-state index contributed by atoms with van der Waals surface area (Å²) in [5, 5.41) is 0. The van der Waals surface area contributed by atoms with Gasteiger partial charge in [-0.1, -0.05) is 19.1 Å². The van der Waals surface area contributed by atoms with Crippen LogP contribution >= 0.6 is 0 Å². The summed E-state index contributed by atoms with van der Waals surface area (Å²) in [5.41, 5.74) is 4.00. The van der Waals surface area contributed by atoms with E-state index in [4.69, 9.17) is 4.74 Å². The van der Waals surface area contributed by atoms with Crippen LogP contribution in [0.3, 0.4) is 0 Å². The number of benzene rings is 1. The van der Waals surface area contributed by atoms with Crippen molar-refractivity contribution in [2.75, 3.05) is 6.61 Å². The molecule has 0 atom stereocenters. The van der Waals surface area contributed by atoms with E-state index >= 15 is 0 Å². The highest BCUT2D eigenvalue weighted by atomic mass is 16.5. The second-order valence-corrected chi connectivity index (χ2v) is 4.10. The zero-order valence-electron chi connectivity index (χ0n) is 11.0. The number of carbonyl (C=O) groups is 1. The molecule has 0 bridgehead atoms. The molecular weight excluding hydrogens is 212 g/mol. The maximum Gasteiger partial charge on any atom is 0.338 e. The van der Waals surface area contributed by atoms with Crippen LogP contribution in [0.25, 0.3) is 5.57 Å². The predicted molar refractivity (Wildman–Crippen MR) is 71.1 cm³/mol. The molecule has 1 rings (SSSR count). The minimum Gasteiger partial charge on any atom is -0.462 e. The topological polar surface area (TPSA) is 26.3 Å². The highest BCUT2D eigenvalue weighted by molar-refractivity contribution is 5.90. The number of carbonyl (C=O) groups excluding carboxylic acids is 1. The van der Waals surface area contributed by atoms with Crippen LogP contribution in [-0.4, -0.2) is 12.6 Å². The molecule has 0 radical (unpaired) electrons.